The molecule has 5 nitrogen and oxygen atoms in total. The lowest BCUT2D eigenvalue weighted by atomic mass is 10.0. The molecular weight excluding hydrogens is 369 g/mol. The zero-order valence-corrected chi connectivity index (χ0v) is 15.5. The number of halogens is 2. The van der Waals surface area contributed by atoms with Crippen LogP contribution in [0.4, 0.5) is 15.8 Å². The Morgan fingerprint density at radius 3 is 2.59 bits per heavy atom. The molecule has 0 aliphatic carbocycles. The highest BCUT2D eigenvalue weighted by molar-refractivity contribution is 6.30. The minimum atomic E-state index is -0.532. The summed E-state index contributed by atoms with van der Waals surface area (Å²) in [6.07, 6.45) is 0. The number of nitrogens with zero attached hydrogens (tertiary/aromatic N) is 2. The molecular formula is C20H17ClFN3O2. The summed E-state index contributed by atoms with van der Waals surface area (Å²) in [5.41, 5.74) is 0.575. The quantitative estimate of drug-likeness (QED) is 0.648. The van der Waals surface area contributed by atoms with E-state index in [2.05, 4.69) is 10.4 Å². The fraction of sp³-hybridized carbons (Fsp3) is 0.150. The van der Waals surface area contributed by atoms with Crippen LogP contribution < -0.4 is 10.9 Å². The van der Waals surface area contributed by atoms with Crippen LogP contribution in [0.5, 0.6) is 0 Å². The zero-order valence-electron chi connectivity index (χ0n) is 14.8. The van der Waals surface area contributed by atoms with Gasteiger partial charge in [-0.15, -0.1) is 0 Å². The smallest absolute Gasteiger partial charge is 0.291 e. The molecule has 27 heavy (non-hydrogen) atoms. The van der Waals surface area contributed by atoms with E-state index in [1.807, 2.05) is 0 Å². The standard InChI is InChI=1S/C20H17ClFN3O2/c1-3-25-20(27)19(23-16-10-5-4-9-15(16)22)17(12(2)26)18(24-25)13-7-6-8-14(21)11-13/h4-11,23H,3H2,1-2H3. The van der Waals surface area contributed by atoms with Gasteiger partial charge in [0, 0.05) is 17.1 Å². The van der Waals surface area contributed by atoms with Crippen molar-refractivity contribution in [3.63, 3.8) is 0 Å². The Morgan fingerprint density at radius 1 is 1.22 bits per heavy atom. The van der Waals surface area contributed by atoms with Gasteiger partial charge in [-0.25, -0.2) is 9.07 Å². The molecule has 0 saturated carbocycles. The van der Waals surface area contributed by atoms with E-state index in [0.717, 1.165) is 0 Å². The van der Waals surface area contributed by atoms with Crippen molar-refractivity contribution >= 4 is 28.8 Å². The van der Waals surface area contributed by atoms with Gasteiger partial charge in [-0.2, -0.15) is 5.10 Å². The van der Waals surface area contributed by atoms with E-state index >= 15 is 0 Å². The van der Waals surface area contributed by atoms with E-state index in [9.17, 15) is 14.0 Å². The third-order valence-corrected chi connectivity index (χ3v) is 4.27. The fourth-order valence-corrected chi connectivity index (χ4v) is 2.97. The molecule has 1 aromatic heterocycles. The molecule has 138 valence electrons. The maximum atomic E-state index is 14.1. The number of nitrogens with one attached hydrogen (secondary N) is 1. The van der Waals surface area contributed by atoms with Crippen molar-refractivity contribution in [3.05, 3.63) is 75.3 Å². The van der Waals surface area contributed by atoms with Crippen molar-refractivity contribution in [2.75, 3.05) is 5.32 Å². The van der Waals surface area contributed by atoms with Crippen LogP contribution in [-0.2, 0) is 6.54 Å². The number of hydrogen-bond donors (Lipinski definition) is 1. The van der Waals surface area contributed by atoms with E-state index in [1.54, 1.807) is 43.3 Å². The number of aromatic nitrogens is 2. The Balaban J connectivity index is 2.31. The number of aryl methyl sites for hydroxylation is 1. The maximum Gasteiger partial charge on any atom is 0.291 e. The van der Waals surface area contributed by atoms with Gasteiger partial charge < -0.3 is 5.32 Å². The molecule has 0 amide bonds. The maximum absolute atomic E-state index is 14.1. The van der Waals surface area contributed by atoms with Gasteiger partial charge in [-0.1, -0.05) is 35.9 Å². The van der Waals surface area contributed by atoms with Crippen molar-refractivity contribution in [1.82, 2.24) is 9.78 Å². The summed E-state index contributed by atoms with van der Waals surface area (Å²) in [6, 6.07) is 12.8. The molecule has 0 saturated heterocycles. The summed E-state index contributed by atoms with van der Waals surface area (Å²) in [6.45, 7) is 3.39. The van der Waals surface area contributed by atoms with E-state index in [0.29, 0.717) is 16.3 Å². The third kappa shape index (κ3) is 3.75. The molecule has 2 aromatic carbocycles. The van der Waals surface area contributed by atoms with Gasteiger partial charge in [-0.05, 0) is 38.1 Å². The Morgan fingerprint density at radius 2 is 1.96 bits per heavy atom. The largest absolute Gasteiger partial charge is 0.348 e. The lowest BCUT2D eigenvalue weighted by molar-refractivity contribution is 0.101. The normalized spacial score (nSPS) is 10.7. The molecule has 1 N–H and O–H groups in total. The molecule has 0 bridgehead atoms. The highest BCUT2D eigenvalue weighted by Gasteiger charge is 2.22. The summed E-state index contributed by atoms with van der Waals surface area (Å²) in [7, 11) is 0. The predicted molar refractivity (Wildman–Crippen MR) is 104 cm³/mol. The second-order valence-electron chi connectivity index (χ2n) is 5.89. The Hall–Kier alpha value is -2.99. The topological polar surface area (TPSA) is 64.0 Å². The molecule has 7 heteroatoms. The van der Waals surface area contributed by atoms with Gasteiger partial charge in [0.05, 0.1) is 11.3 Å². The first kappa shape index (κ1) is 18.8. The molecule has 0 atom stereocenters. The van der Waals surface area contributed by atoms with Crippen LogP contribution in [0, 0.1) is 5.82 Å². The van der Waals surface area contributed by atoms with Crippen molar-refractivity contribution in [2.45, 2.75) is 20.4 Å². The Bertz CT molecular complexity index is 1080. The summed E-state index contributed by atoms with van der Waals surface area (Å²) < 4.78 is 15.3. The lowest BCUT2D eigenvalue weighted by Crippen LogP contribution is -2.28. The van der Waals surface area contributed by atoms with Crippen LogP contribution in [0.15, 0.2) is 53.3 Å². The van der Waals surface area contributed by atoms with Crippen molar-refractivity contribution < 1.29 is 9.18 Å². The second kappa shape index (κ2) is 7.72. The summed E-state index contributed by atoms with van der Waals surface area (Å²) in [4.78, 5) is 25.2. The molecule has 0 spiro atoms. The van der Waals surface area contributed by atoms with Crippen LogP contribution in [0.2, 0.25) is 5.02 Å². The van der Waals surface area contributed by atoms with Crippen molar-refractivity contribution in [3.8, 4) is 11.3 Å². The van der Waals surface area contributed by atoms with E-state index < -0.39 is 11.4 Å². The van der Waals surface area contributed by atoms with Crippen LogP contribution in [-0.4, -0.2) is 15.6 Å². The molecule has 0 unspecified atom stereocenters. The number of ketones is 1. The molecule has 0 aliphatic rings. The Kier molecular flexibility index (Phi) is 5.37. The average Bonchev–Trinajstić information content (AvgIpc) is 2.64. The van der Waals surface area contributed by atoms with Crippen molar-refractivity contribution in [1.29, 1.82) is 0 Å². The molecule has 3 aromatic rings. The first-order chi connectivity index (χ1) is 12.9. The van der Waals surface area contributed by atoms with Gasteiger partial charge in [0.15, 0.2) is 5.78 Å². The average molecular weight is 386 g/mol. The molecule has 3 rings (SSSR count). The summed E-state index contributed by atoms with van der Waals surface area (Å²) in [5.74, 6) is -0.896. The highest BCUT2D eigenvalue weighted by Crippen LogP contribution is 2.29. The van der Waals surface area contributed by atoms with Crippen LogP contribution in [0.1, 0.15) is 24.2 Å². The van der Waals surface area contributed by atoms with E-state index in [1.165, 1.54) is 23.7 Å². The number of benzene rings is 2. The third-order valence-electron chi connectivity index (χ3n) is 4.04. The minimum Gasteiger partial charge on any atom is -0.348 e. The lowest BCUT2D eigenvalue weighted by Gasteiger charge is -2.16. The molecule has 0 aliphatic heterocycles. The van der Waals surface area contributed by atoms with Gasteiger partial charge in [0.2, 0.25) is 0 Å². The summed E-state index contributed by atoms with van der Waals surface area (Å²) in [5, 5.41) is 7.60. The number of hydrogen-bond acceptors (Lipinski definition) is 4. The fourth-order valence-electron chi connectivity index (χ4n) is 2.78. The number of carbonyl (C=O) groups is 1. The zero-order chi connectivity index (χ0) is 19.6. The van der Waals surface area contributed by atoms with Crippen molar-refractivity contribution in [2.24, 2.45) is 0 Å². The predicted octanol–water partition coefficient (Wildman–Crippen LogP) is 4.67. The highest BCUT2D eigenvalue weighted by atomic mass is 35.5. The number of Topliss-reactive ketones (excluding diaryl/α,β-unsaturated/α-hetero) is 1. The number of rotatable bonds is 5. The SMILES string of the molecule is CCn1nc(-c2cccc(Cl)c2)c(C(C)=O)c(Nc2ccccc2F)c1=O. The van der Waals surface area contributed by atoms with Gasteiger partial charge >= 0.3 is 0 Å². The van der Waals surface area contributed by atoms with Gasteiger partial charge in [0.1, 0.15) is 17.2 Å². The first-order valence-corrected chi connectivity index (χ1v) is 8.73. The minimum absolute atomic E-state index is 0.0144. The van der Waals surface area contributed by atoms with E-state index in [-0.39, 0.29) is 29.3 Å². The first-order valence-electron chi connectivity index (χ1n) is 8.36. The van der Waals surface area contributed by atoms with Crippen LogP contribution >= 0.6 is 11.6 Å². The number of carbonyl (C=O) groups excluding carboxylic acids is 1. The van der Waals surface area contributed by atoms with Gasteiger partial charge in [0.25, 0.3) is 5.56 Å². The van der Waals surface area contributed by atoms with E-state index in [4.69, 9.17) is 11.6 Å². The van der Waals surface area contributed by atoms with Crippen LogP contribution in [0.3, 0.4) is 0 Å². The second-order valence-corrected chi connectivity index (χ2v) is 6.33. The molecule has 0 fully saturated rings. The van der Waals surface area contributed by atoms with Gasteiger partial charge in [-0.3, -0.25) is 9.59 Å². The number of para-hydroxylation sites is 1. The monoisotopic (exact) mass is 385 g/mol. The van der Waals surface area contributed by atoms with Crippen LogP contribution in [0.25, 0.3) is 11.3 Å². The molecule has 1 heterocycles. The summed E-state index contributed by atoms with van der Waals surface area (Å²) >= 11 is 6.08. The number of anilines is 2. The Labute approximate surface area is 160 Å². The molecule has 0 radical (unpaired) electrons.